The van der Waals surface area contributed by atoms with E-state index < -0.39 is 0 Å². The van der Waals surface area contributed by atoms with E-state index in [1.54, 1.807) is 23.3 Å². The third kappa shape index (κ3) is 3.50. The minimum atomic E-state index is -0.386. The van der Waals surface area contributed by atoms with Crippen molar-refractivity contribution in [1.29, 1.82) is 0 Å². The molecule has 0 radical (unpaired) electrons. The lowest BCUT2D eigenvalue weighted by Gasteiger charge is -2.07. The summed E-state index contributed by atoms with van der Waals surface area (Å²) in [6.07, 6.45) is 4.86. The van der Waals surface area contributed by atoms with Crippen LogP contribution in [0.5, 0.6) is 0 Å². The van der Waals surface area contributed by atoms with E-state index in [0.717, 1.165) is 16.8 Å². The van der Waals surface area contributed by atoms with Crippen LogP contribution in [0.2, 0.25) is 5.15 Å². The summed E-state index contributed by atoms with van der Waals surface area (Å²) in [6, 6.07) is 16.8. The summed E-state index contributed by atoms with van der Waals surface area (Å²) < 4.78 is 14.8. The second-order valence-corrected chi connectivity index (χ2v) is 6.25. The summed E-state index contributed by atoms with van der Waals surface area (Å²) in [5.74, 6) is -0.650. The minimum absolute atomic E-state index is 0.264. The Morgan fingerprint density at radius 3 is 2.59 bits per heavy atom. The van der Waals surface area contributed by atoms with E-state index in [1.165, 1.54) is 24.3 Å². The lowest BCUT2D eigenvalue weighted by atomic mass is 10.1. The molecule has 0 aliphatic rings. The zero-order valence-electron chi connectivity index (χ0n) is 14.0. The number of ketones is 1. The number of pyridine rings is 1. The summed E-state index contributed by atoms with van der Waals surface area (Å²) in [6.45, 7) is 0. The highest BCUT2D eigenvalue weighted by atomic mass is 35.5. The van der Waals surface area contributed by atoms with Gasteiger partial charge >= 0.3 is 0 Å². The van der Waals surface area contributed by atoms with E-state index in [9.17, 15) is 9.18 Å². The molecule has 6 heteroatoms. The van der Waals surface area contributed by atoms with Crippen LogP contribution in [0.4, 0.5) is 4.39 Å². The smallest absolute Gasteiger partial charge is 0.212 e. The number of benzene rings is 2. The van der Waals surface area contributed by atoms with Gasteiger partial charge < -0.3 is 4.57 Å². The van der Waals surface area contributed by atoms with Gasteiger partial charge in [-0.3, -0.25) is 4.79 Å². The van der Waals surface area contributed by atoms with Crippen molar-refractivity contribution < 1.29 is 9.18 Å². The van der Waals surface area contributed by atoms with Crippen molar-refractivity contribution in [3.63, 3.8) is 0 Å². The van der Waals surface area contributed by atoms with Crippen LogP contribution < -0.4 is 0 Å². The van der Waals surface area contributed by atoms with Gasteiger partial charge in [0.25, 0.3) is 0 Å². The number of hydrogen-bond donors (Lipinski definition) is 0. The van der Waals surface area contributed by atoms with Crippen LogP contribution in [-0.2, 0) is 0 Å². The molecule has 0 unspecified atom stereocenters. The Labute approximate surface area is 159 Å². The molecule has 0 atom stereocenters. The Morgan fingerprint density at radius 2 is 1.81 bits per heavy atom. The first-order chi connectivity index (χ1) is 13.1. The van der Waals surface area contributed by atoms with E-state index >= 15 is 0 Å². The molecule has 0 N–H and O–H groups in total. The van der Waals surface area contributed by atoms with Gasteiger partial charge in [0.1, 0.15) is 23.0 Å². The number of halogens is 2. The van der Waals surface area contributed by atoms with Crippen LogP contribution in [0.15, 0.2) is 79.4 Å². The number of carbonyl (C=O) groups is 1. The van der Waals surface area contributed by atoms with Gasteiger partial charge in [0.05, 0.1) is 0 Å². The summed E-state index contributed by atoms with van der Waals surface area (Å²) >= 11 is 6.18. The van der Waals surface area contributed by atoms with Crippen molar-refractivity contribution in [1.82, 2.24) is 14.5 Å². The van der Waals surface area contributed by atoms with E-state index in [4.69, 9.17) is 11.6 Å². The van der Waals surface area contributed by atoms with E-state index in [0.29, 0.717) is 10.7 Å². The summed E-state index contributed by atoms with van der Waals surface area (Å²) in [7, 11) is 0. The molecular formula is C21H13ClFN3O. The highest BCUT2D eigenvalue weighted by Gasteiger charge is 2.13. The first kappa shape index (κ1) is 17.1. The van der Waals surface area contributed by atoms with Gasteiger partial charge in [0.2, 0.25) is 5.78 Å². The molecule has 0 amide bonds. The fourth-order valence-electron chi connectivity index (χ4n) is 2.77. The normalized spacial score (nSPS) is 10.7. The standard InChI is InChI=1S/C21H13ClFN3O/c22-21-18(5-2-10-24-21)15-3-1-4-17(11-15)26-12-19(25-13-26)20(27)14-6-8-16(23)9-7-14/h1-13H. The van der Waals surface area contributed by atoms with Crippen LogP contribution in [0.3, 0.4) is 0 Å². The second kappa shape index (κ2) is 7.13. The van der Waals surface area contributed by atoms with E-state index in [1.807, 2.05) is 36.4 Å². The first-order valence-corrected chi connectivity index (χ1v) is 8.55. The molecule has 2 aromatic carbocycles. The maximum atomic E-state index is 13.0. The quantitative estimate of drug-likeness (QED) is 0.373. The molecule has 0 aliphatic carbocycles. The van der Waals surface area contributed by atoms with Crippen LogP contribution >= 0.6 is 11.6 Å². The van der Waals surface area contributed by atoms with Gasteiger partial charge in [-0.05, 0) is 54.1 Å². The third-order valence-corrected chi connectivity index (χ3v) is 4.44. The Bertz CT molecular complexity index is 1120. The highest BCUT2D eigenvalue weighted by molar-refractivity contribution is 6.32. The van der Waals surface area contributed by atoms with E-state index in [-0.39, 0.29) is 17.3 Å². The van der Waals surface area contributed by atoms with Gasteiger partial charge in [-0.25, -0.2) is 14.4 Å². The van der Waals surface area contributed by atoms with Crippen LogP contribution in [0.1, 0.15) is 16.1 Å². The molecule has 4 rings (SSSR count). The van der Waals surface area contributed by atoms with Crippen molar-refractivity contribution in [2.45, 2.75) is 0 Å². The molecule has 0 saturated carbocycles. The number of rotatable bonds is 4. The van der Waals surface area contributed by atoms with Crippen LogP contribution in [0, 0.1) is 5.82 Å². The molecule has 0 fully saturated rings. The largest absolute Gasteiger partial charge is 0.306 e. The van der Waals surface area contributed by atoms with Crippen molar-refractivity contribution in [2.24, 2.45) is 0 Å². The third-order valence-electron chi connectivity index (χ3n) is 4.14. The average Bonchev–Trinajstić information content (AvgIpc) is 3.19. The Morgan fingerprint density at radius 1 is 1.00 bits per heavy atom. The molecule has 4 nitrogen and oxygen atoms in total. The Kier molecular flexibility index (Phi) is 4.52. The van der Waals surface area contributed by atoms with E-state index in [2.05, 4.69) is 9.97 Å². The van der Waals surface area contributed by atoms with Gasteiger partial charge in [-0.15, -0.1) is 0 Å². The number of nitrogens with zero attached hydrogens (tertiary/aromatic N) is 3. The summed E-state index contributed by atoms with van der Waals surface area (Å²) in [5.41, 5.74) is 3.23. The zero-order chi connectivity index (χ0) is 18.8. The van der Waals surface area contributed by atoms with Gasteiger partial charge in [0.15, 0.2) is 0 Å². The topological polar surface area (TPSA) is 47.8 Å². The molecular weight excluding hydrogens is 365 g/mol. The number of imidazole rings is 1. The second-order valence-electron chi connectivity index (χ2n) is 5.89. The molecule has 4 aromatic rings. The Hall–Kier alpha value is -3.31. The van der Waals surface area contributed by atoms with Crippen molar-refractivity contribution in [3.05, 3.63) is 102 Å². The molecule has 2 heterocycles. The minimum Gasteiger partial charge on any atom is -0.306 e. The number of carbonyl (C=O) groups excluding carboxylic acids is 1. The molecule has 0 saturated heterocycles. The van der Waals surface area contributed by atoms with Crippen LogP contribution in [-0.4, -0.2) is 20.3 Å². The lowest BCUT2D eigenvalue weighted by Crippen LogP contribution is -2.01. The zero-order valence-corrected chi connectivity index (χ0v) is 14.8. The fourth-order valence-corrected chi connectivity index (χ4v) is 2.99. The highest BCUT2D eigenvalue weighted by Crippen LogP contribution is 2.27. The maximum absolute atomic E-state index is 13.0. The lowest BCUT2D eigenvalue weighted by molar-refractivity contribution is 0.103. The molecule has 0 bridgehead atoms. The van der Waals surface area contributed by atoms with Crippen molar-refractivity contribution in [2.75, 3.05) is 0 Å². The average molecular weight is 378 g/mol. The van der Waals surface area contributed by atoms with Crippen molar-refractivity contribution >= 4 is 17.4 Å². The van der Waals surface area contributed by atoms with Gasteiger partial charge in [0, 0.05) is 29.2 Å². The summed E-state index contributed by atoms with van der Waals surface area (Å²) in [4.78, 5) is 20.8. The predicted octanol–water partition coefficient (Wildman–Crippen LogP) is 4.96. The molecule has 0 aliphatic heterocycles. The fraction of sp³-hybridized carbons (Fsp3) is 0. The van der Waals surface area contributed by atoms with Crippen LogP contribution in [0.25, 0.3) is 16.8 Å². The first-order valence-electron chi connectivity index (χ1n) is 8.17. The predicted molar refractivity (Wildman–Crippen MR) is 102 cm³/mol. The van der Waals surface area contributed by atoms with Crippen molar-refractivity contribution in [3.8, 4) is 16.8 Å². The number of hydrogen-bond acceptors (Lipinski definition) is 3. The number of aromatic nitrogens is 3. The molecule has 27 heavy (non-hydrogen) atoms. The SMILES string of the molecule is O=C(c1ccc(F)cc1)c1cn(-c2cccc(-c3cccnc3Cl)c2)cn1. The molecule has 132 valence electrons. The molecule has 2 aromatic heterocycles. The monoisotopic (exact) mass is 377 g/mol. The van der Waals surface area contributed by atoms with Gasteiger partial charge in [-0.2, -0.15) is 0 Å². The molecule has 0 spiro atoms. The maximum Gasteiger partial charge on any atom is 0.212 e. The van der Waals surface area contributed by atoms with Gasteiger partial charge in [-0.1, -0.05) is 23.7 Å². The Balaban J connectivity index is 1.66. The summed E-state index contributed by atoms with van der Waals surface area (Å²) in [5, 5.41) is 0.424.